The topological polar surface area (TPSA) is 38.3 Å². The van der Waals surface area contributed by atoms with E-state index in [2.05, 4.69) is 53.0 Å². The maximum Gasteiger partial charge on any atom is 0.222 e. The first-order valence-electron chi connectivity index (χ1n) is 7.00. The van der Waals surface area contributed by atoms with Crippen molar-refractivity contribution in [1.29, 1.82) is 0 Å². The number of rotatable bonds is 4. The van der Waals surface area contributed by atoms with Gasteiger partial charge in [-0.15, -0.1) is 0 Å². The van der Waals surface area contributed by atoms with Gasteiger partial charge in [0, 0.05) is 0 Å². The maximum atomic E-state index is 11.6. The largest absolute Gasteiger partial charge is 0.411 e. The van der Waals surface area contributed by atoms with Gasteiger partial charge in [-0.05, 0) is 30.5 Å². The Morgan fingerprint density at radius 2 is 1.94 bits per heavy atom. The molecule has 1 saturated heterocycles. The van der Waals surface area contributed by atoms with Crippen LogP contribution >= 0.6 is 0 Å². The number of nitrogens with one attached hydrogen (secondary N) is 1. The molecule has 3 nitrogen and oxygen atoms in total. The summed E-state index contributed by atoms with van der Waals surface area (Å²) in [5, 5.41) is 3.26. The van der Waals surface area contributed by atoms with Crippen LogP contribution in [0.4, 0.5) is 0 Å². The summed E-state index contributed by atoms with van der Waals surface area (Å²) in [7, 11) is -1.78. The van der Waals surface area contributed by atoms with Crippen LogP contribution in [-0.2, 0) is 9.22 Å². The molecule has 1 aliphatic rings. The minimum Gasteiger partial charge on any atom is -0.411 e. The molecule has 18 heavy (non-hydrogen) atoms. The minimum absolute atomic E-state index is 0.0702. The molecule has 0 saturated carbocycles. The van der Waals surface area contributed by atoms with Gasteiger partial charge in [-0.2, -0.15) is 0 Å². The van der Waals surface area contributed by atoms with Crippen molar-refractivity contribution < 1.29 is 9.22 Å². The highest BCUT2D eigenvalue weighted by Crippen LogP contribution is 2.38. The van der Waals surface area contributed by atoms with Crippen molar-refractivity contribution in [3.8, 4) is 0 Å². The Bertz CT molecular complexity index is 307. The average Bonchev–Trinajstić information content (AvgIpc) is 2.42. The quantitative estimate of drug-likeness (QED) is 0.797. The van der Waals surface area contributed by atoms with Crippen LogP contribution in [0.25, 0.3) is 0 Å². The second-order valence-electron chi connectivity index (χ2n) is 7.42. The second-order valence-corrected chi connectivity index (χ2v) is 12.2. The van der Waals surface area contributed by atoms with Gasteiger partial charge in [-0.3, -0.25) is 4.79 Å². The molecule has 4 heteroatoms. The molecule has 0 aromatic carbocycles. The summed E-state index contributed by atoms with van der Waals surface area (Å²) in [6, 6.07) is 0.201. The Morgan fingerprint density at radius 3 is 2.39 bits per heavy atom. The molecule has 1 N–H and O–H groups in total. The fourth-order valence-corrected chi connectivity index (χ4v) is 3.44. The Labute approximate surface area is 113 Å². The predicted octanol–water partition coefficient (Wildman–Crippen LogP) is 3.31. The van der Waals surface area contributed by atoms with Crippen molar-refractivity contribution in [1.82, 2.24) is 5.32 Å². The van der Waals surface area contributed by atoms with Gasteiger partial charge in [0.1, 0.15) is 0 Å². The van der Waals surface area contributed by atoms with E-state index >= 15 is 0 Å². The molecule has 1 heterocycles. The molecule has 0 spiro atoms. The fraction of sp³-hybridized carbons (Fsp3) is 0.929. The van der Waals surface area contributed by atoms with Crippen LogP contribution in [-0.4, -0.2) is 26.4 Å². The van der Waals surface area contributed by atoms with Gasteiger partial charge in [0.05, 0.1) is 18.6 Å². The smallest absolute Gasteiger partial charge is 0.222 e. The molecule has 1 aliphatic heterocycles. The number of carbonyl (C=O) groups is 1. The second kappa shape index (κ2) is 5.33. The third-order valence-corrected chi connectivity index (χ3v) is 8.66. The van der Waals surface area contributed by atoms with Crippen LogP contribution in [0, 0.1) is 5.92 Å². The van der Waals surface area contributed by atoms with E-state index < -0.39 is 8.32 Å². The Kier molecular flexibility index (Phi) is 4.65. The fourth-order valence-electron chi connectivity index (χ4n) is 2.08. The first-order chi connectivity index (χ1) is 8.03. The molecular weight excluding hydrogens is 242 g/mol. The van der Waals surface area contributed by atoms with E-state index in [0.717, 1.165) is 6.42 Å². The Hall–Kier alpha value is -0.353. The summed E-state index contributed by atoms with van der Waals surface area (Å²) < 4.78 is 6.40. The third kappa shape index (κ3) is 3.82. The van der Waals surface area contributed by atoms with Crippen LogP contribution in [0.2, 0.25) is 18.1 Å². The summed E-state index contributed by atoms with van der Waals surface area (Å²) in [5.41, 5.74) is 0. The van der Waals surface area contributed by atoms with Crippen molar-refractivity contribution >= 4 is 14.2 Å². The monoisotopic (exact) mass is 271 g/mol. The van der Waals surface area contributed by atoms with Gasteiger partial charge < -0.3 is 9.74 Å². The number of hydrogen-bond acceptors (Lipinski definition) is 2. The van der Waals surface area contributed by atoms with E-state index in [1.54, 1.807) is 0 Å². The van der Waals surface area contributed by atoms with E-state index in [0.29, 0.717) is 12.3 Å². The van der Waals surface area contributed by atoms with Gasteiger partial charge in [-0.25, -0.2) is 0 Å². The maximum absolute atomic E-state index is 11.6. The lowest BCUT2D eigenvalue weighted by Crippen LogP contribution is -2.47. The third-order valence-electron chi connectivity index (χ3n) is 4.16. The molecule has 106 valence electrons. The molecule has 0 radical (unpaired) electrons. The van der Waals surface area contributed by atoms with E-state index in [1.165, 1.54) is 0 Å². The first-order valence-corrected chi connectivity index (χ1v) is 9.91. The predicted molar refractivity (Wildman–Crippen MR) is 78.1 cm³/mol. The Morgan fingerprint density at radius 1 is 1.39 bits per heavy atom. The van der Waals surface area contributed by atoms with Crippen LogP contribution < -0.4 is 5.32 Å². The van der Waals surface area contributed by atoms with Crippen LogP contribution in [0.5, 0.6) is 0 Å². The molecular formula is C14H29NO2Si. The summed E-state index contributed by atoms with van der Waals surface area (Å²) in [5.74, 6) is 0.725. The lowest BCUT2D eigenvalue weighted by Gasteiger charge is -2.39. The normalized spacial score (nSPS) is 25.7. The Balaban J connectivity index is 2.72. The van der Waals surface area contributed by atoms with Gasteiger partial charge in [0.15, 0.2) is 8.32 Å². The molecule has 0 bridgehead atoms. The summed E-state index contributed by atoms with van der Waals surface area (Å²) >= 11 is 0. The van der Waals surface area contributed by atoms with Gasteiger partial charge in [-0.1, -0.05) is 34.6 Å². The first kappa shape index (κ1) is 15.7. The van der Waals surface area contributed by atoms with Gasteiger partial charge in [0.2, 0.25) is 5.91 Å². The molecule has 1 fully saturated rings. The van der Waals surface area contributed by atoms with E-state index in [4.69, 9.17) is 4.43 Å². The van der Waals surface area contributed by atoms with Crippen molar-refractivity contribution in [2.45, 2.75) is 77.7 Å². The minimum atomic E-state index is -1.78. The average molecular weight is 271 g/mol. The number of hydrogen-bond donors (Lipinski definition) is 1. The zero-order chi connectivity index (χ0) is 14.1. The van der Waals surface area contributed by atoms with E-state index in [-0.39, 0.29) is 23.1 Å². The summed E-state index contributed by atoms with van der Waals surface area (Å²) in [4.78, 5) is 11.6. The summed E-state index contributed by atoms with van der Waals surface area (Å²) in [6.07, 6.45) is 1.61. The van der Waals surface area contributed by atoms with E-state index in [1.807, 2.05) is 0 Å². The van der Waals surface area contributed by atoms with Crippen molar-refractivity contribution in [3.05, 3.63) is 0 Å². The lowest BCUT2D eigenvalue weighted by atomic mass is 10.0. The van der Waals surface area contributed by atoms with E-state index in [9.17, 15) is 4.79 Å². The standard InChI is InChI=1S/C14H29NO2Si/c1-10(2)8-11-12(9-13(16)15-11)17-18(6,7)14(3,4)5/h10-12H,8-9H2,1-7H3,(H,15,16)/t11-,12+/m1/s1. The highest BCUT2D eigenvalue weighted by Gasteiger charge is 2.43. The highest BCUT2D eigenvalue weighted by molar-refractivity contribution is 6.74. The highest BCUT2D eigenvalue weighted by atomic mass is 28.4. The molecule has 0 aromatic heterocycles. The van der Waals surface area contributed by atoms with Crippen LogP contribution in [0.3, 0.4) is 0 Å². The lowest BCUT2D eigenvalue weighted by molar-refractivity contribution is -0.119. The zero-order valence-electron chi connectivity index (χ0n) is 13.0. The molecule has 2 atom stereocenters. The summed E-state index contributed by atoms with van der Waals surface area (Å²) in [6.45, 7) is 15.6. The molecule has 1 rings (SSSR count). The van der Waals surface area contributed by atoms with Gasteiger partial charge >= 0.3 is 0 Å². The van der Waals surface area contributed by atoms with Crippen molar-refractivity contribution in [3.63, 3.8) is 0 Å². The molecule has 1 amide bonds. The molecule has 0 unspecified atom stereocenters. The van der Waals surface area contributed by atoms with Crippen LogP contribution in [0.15, 0.2) is 0 Å². The van der Waals surface area contributed by atoms with Crippen LogP contribution in [0.1, 0.15) is 47.5 Å². The molecule has 0 aromatic rings. The number of carbonyl (C=O) groups excluding carboxylic acids is 1. The van der Waals surface area contributed by atoms with Crippen molar-refractivity contribution in [2.24, 2.45) is 5.92 Å². The van der Waals surface area contributed by atoms with Gasteiger partial charge in [0.25, 0.3) is 0 Å². The zero-order valence-corrected chi connectivity index (χ0v) is 14.0. The molecule has 0 aliphatic carbocycles. The number of amides is 1. The van der Waals surface area contributed by atoms with Crippen molar-refractivity contribution in [2.75, 3.05) is 0 Å². The SMILES string of the molecule is CC(C)C[C@H]1NC(=O)C[C@@H]1O[Si](C)(C)C(C)(C)C.